The van der Waals surface area contributed by atoms with Gasteiger partial charge in [0.1, 0.15) is 6.33 Å². The largest absolute Gasteiger partial charge is 0.352 e. The molecule has 4 rings (SSSR count). The van der Waals surface area contributed by atoms with Crippen LogP contribution in [-0.4, -0.2) is 56.5 Å². The zero-order valence-electron chi connectivity index (χ0n) is 18.8. The van der Waals surface area contributed by atoms with Crippen molar-refractivity contribution in [2.24, 2.45) is 5.41 Å². The van der Waals surface area contributed by atoms with E-state index in [0.29, 0.717) is 38.0 Å². The molecule has 0 bridgehead atoms. The number of amides is 2. The Morgan fingerprint density at radius 1 is 1.24 bits per heavy atom. The topological polar surface area (TPSA) is 104 Å². The summed E-state index contributed by atoms with van der Waals surface area (Å²) in [5, 5.41) is 9.80. The molecule has 1 aliphatic heterocycles. The highest BCUT2D eigenvalue weighted by Crippen LogP contribution is 2.37. The minimum atomic E-state index is -0.764. The van der Waals surface area contributed by atoms with Crippen molar-refractivity contribution < 1.29 is 9.59 Å². The molecule has 8 nitrogen and oxygen atoms in total. The number of carbonyl (C=O) groups is 2. The lowest BCUT2D eigenvalue weighted by Gasteiger charge is -2.42. The summed E-state index contributed by atoms with van der Waals surface area (Å²) < 4.78 is 0. The van der Waals surface area contributed by atoms with Gasteiger partial charge in [0.05, 0.1) is 17.2 Å². The molecule has 33 heavy (non-hydrogen) atoms. The van der Waals surface area contributed by atoms with Crippen LogP contribution in [0.3, 0.4) is 0 Å². The molecule has 0 spiro atoms. The zero-order chi connectivity index (χ0) is 23.3. The molecular formula is C25H28N6O2. The van der Waals surface area contributed by atoms with Crippen molar-refractivity contribution in [2.75, 3.05) is 19.6 Å². The van der Waals surface area contributed by atoms with Gasteiger partial charge in [-0.05, 0) is 37.3 Å². The molecule has 8 heteroatoms. The van der Waals surface area contributed by atoms with Gasteiger partial charge >= 0.3 is 0 Å². The van der Waals surface area contributed by atoms with E-state index in [2.05, 4.69) is 32.1 Å². The van der Waals surface area contributed by atoms with Crippen LogP contribution in [0.15, 0.2) is 61.8 Å². The van der Waals surface area contributed by atoms with E-state index in [1.807, 2.05) is 31.2 Å². The molecular weight excluding hydrogens is 416 g/mol. The Morgan fingerprint density at radius 3 is 2.76 bits per heavy atom. The summed E-state index contributed by atoms with van der Waals surface area (Å²) in [5.74, 6) is -0.172. The quantitative estimate of drug-likeness (QED) is 0.546. The van der Waals surface area contributed by atoms with Crippen molar-refractivity contribution in [1.29, 1.82) is 0 Å². The first kappa shape index (κ1) is 22.4. The number of aryl methyl sites for hydroxylation is 1. The van der Waals surface area contributed by atoms with E-state index < -0.39 is 5.41 Å². The van der Waals surface area contributed by atoms with Crippen LogP contribution >= 0.6 is 0 Å². The Balaban J connectivity index is 1.69. The molecule has 2 amide bonds. The van der Waals surface area contributed by atoms with Crippen LogP contribution in [0.25, 0.3) is 11.1 Å². The Labute approximate surface area is 193 Å². The first-order chi connectivity index (χ1) is 16.0. The number of aromatic nitrogens is 4. The van der Waals surface area contributed by atoms with Crippen LogP contribution in [0, 0.1) is 12.3 Å². The second-order valence-corrected chi connectivity index (χ2v) is 8.48. The van der Waals surface area contributed by atoms with Crippen LogP contribution in [0.4, 0.5) is 0 Å². The maximum absolute atomic E-state index is 13.5. The number of carbonyl (C=O) groups excluding carboxylic acids is 2. The van der Waals surface area contributed by atoms with Gasteiger partial charge < -0.3 is 10.2 Å². The third kappa shape index (κ3) is 4.69. The molecule has 2 N–H and O–H groups in total. The van der Waals surface area contributed by atoms with Gasteiger partial charge in [0.15, 0.2) is 0 Å². The zero-order valence-corrected chi connectivity index (χ0v) is 18.8. The van der Waals surface area contributed by atoms with Crippen molar-refractivity contribution in [3.63, 3.8) is 0 Å². The molecule has 1 atom stereocenters. The lowest BCUT2D eigenvalue weighted by molar-refractivity contribution is -0.133. The van der Waals surface area contributed by atoms with Gasteiger partial charge in [-0.3, -0.25) is 14.7 Å². The highest BCUT2D eigenvalue weighted by Gasteiger charge is 2.44. The van der Waals surface area contributed by atoms with Gasteiger partial charge in [-0.2, -0.15) is 5.10 Å². The van der Waals surface area contributed by atoms with E-state index in [0.717, 1.165) is 28.8 Å². The molecule has 0 radical (unpaired) electrons. The van der Waals surface area contributed by atoms with Gasteiger partial charge in [-0.15, -0.1) is 6.58 Å². The number of rotatable bonds is 7. The monoisotopic (exact) mass is 444 g/mol. The predicted molar refractivity (Wildman–Crippen MR) is 125 cm³/mol. The second kappa shape index (κ2) is 9.77. The van der Waals surface area contributed by atoms with Crippen LogP contribution in [0.2, 0.25) is 0 Å². The molecule has 0 saturated carbocycles. The maximum Gasteiger partial charge on any atom is 0.257 e. The first-order valence-corrected chi connectivity index (χ1v) is 11.1. The molecule has 0 unspecified atom stereocenters. The van der Waals surface area contributed by atoms with Crippen molar-refractivity contribution in [2.45, 2.75) is 26.2 Å². The fourth-order valence-corrected chi connectivity index (χ4v) is 4.56. The number of nitrogens with zero attached hydrogens (tertiary/aromatic N) is 4. The second-order valence-electron chi connectivity index (χ2n) is 8.48. The minimum absolute atomic E-state index is 0.0667. The molecule has 3 aromatic rings. The van der Waals surface area contributed by atoms with Gasteiger partial charge in [0.2, 0.25) is 5.91 Å². The minimum Gasteiger partial charge on any atom is -0.352 e. The Hall–Kier alpha value is -3.81. The molecule has 2 aromatic heterocycles. The van der Waals surface area contributed by atoms with Gasteiger partial charge in [-0.25, -0.2) is 9.97 Å². The Bertz CT molecular complexity index is 1140. The summed E-state index contributed by atoms with van der Waals surface area (Å²) in [4.78, 5) is 36.8. The summed E-state index contributed by atoms with van der Waals surface area (Å²) in [5.41, 5.74) is 3.41. The fraction of sp³-hybridized carbons (Fsp3) is 0.320. The number of hydrogen-bond donors (Lipinski definition) is 2. The van der Waals surface area contributed by atoms with E-state index in [9.17, 15) is 9.59 Å². The number of aromatic amines is 1. The van der Waals surface area contributed by atoms with Crippen LogP contribution in [-0.2, 0) is 11.2 Å². The molecule has 1 aromatic carbocycles. The lowest BCUT2D eigenvalue weighted by Crippen LogP contribution is -2.54. The van der Waals surface area contributed by atoms with Crippen molar-refractivity contribution >= 4 is 11.8 Å². The van der Waals surface area contributed by atoms with Crippen molar-refractivity contribution in [1.82, 2.24) is 30.4 Å². The number of likely N-dealkylation sites (tertiary alicyclic amines) is 1. The number of piperidine rings is 1. The summed E-state index contributed by atoms with van der Waals surface area (Å²) in [6.07, 6.45) is 10.2. The van der Waals surface area contributed by atoms with Gasteiger partial charge in [0, 0.05) is 43.3 Å². The Kier molecular flexibility index (Phi) is 6.63. The lowest BCUT2D eigenvalue weighted by atomic mass is 9.73. The van der Waals surface area contributed by atoms with Crippen molar-refractivity contribution in [3.05, 3.63) is 78.7 Å². The highest BCUT2D eigenvalue weighted by molar-refractivity contribution is 5.96. The third-order valence-corrected chi connectivity index (χ3v) is 6.23. The smallest absolute Gasteiger partial charge is 0.257 e. The average Bonchev–Trinajstić information content (AvgIpc) is 3.28. The Morgan fingerprint density at radius 2 is 2.03 bits per heavy atom. The summed E-state index contributed by atoms with van der Waals surface area (Å²) in [7, 11) is 0. The van der Waals surface area contributed by atoms with Crippen molar-refractivity contribution in [3.8, 4) is 11.1 Å². The highest BCUT2D eigenvalue weighted by atomic mass is 16.2. The number of hydrogen-bond acceptors (Lipinski definition) is 5. The maximum atomic E-state index is 13.5. The van der Waals surface area contributed by atoms with E-state index in [-0.39, 0.29) is 11.8 Å². The number of nitrogens with one attached hydrogen (secondary N) is 2. The van der Waals surface area contributed by atoms with Crippen LogP contribution in [0.1, 0.15) is 34.5 Å². The van der Waals surface area contributed by atoms with Crippen LogP contribution in [0.5, 0.6) is 0 Å². The first-order valence-electron chi connectivity index (χ1n) is 11.1. The molecule has 0 aliphatic carbocycles. The standard InChI is InChI=1S/C25H28N6O2/c1-3-10-28-24(33)25(9-6-11-31(16-25)23(32)22-15-29-30-18(22)2)12-19-7-4-5-8-21(19)20-13-26-17-27-14-20/h3-5,7-8,13-15,17H,1,6,9-12,16H2,2H3,(H,28,33)(H,29,30)/t25-/m0/s1. The van der Waals surface area contributed by atoms with Gasteiger partial charge in [-0.1, -0.05) is 30.3 Å². The number of H-pyrrole nitrogens is 1. The van der Waals surface area contributed by atoms with E-state index in [1.54, 1.807) is 29.6 Å². The molecule has 1 fully saturated rings. The average molecular weight is 445 g/mol. The molecule has 1 aliphatic rings. The molecule has 1 saturated heterocycles. The van der Waals surface area contributed by atoms with Crippen LogP contribution < -0.4 is 5.32 Å². The summed E-state index contributed by atoms with van der Waals surface area (Å²) in [6, 6.07) is 7.99. The molecule has 3 heterocycles. The van der Waals surface area contributed by atoms with Gasteiger partial charge in [0.25, 0.3) is 5.91 Å². The number of benzene rings is 1. The third-order valence-electron chi connectivity index (χ3n) is 6.23. The van der Waals surface area contributed by atoms with E-state index in [4.69, 9.17) is 0 Å². The summed E-state index contributed by atoms with van der Waals surface area (Å²) in [6.45, 7) is 6.86. The normalized spacial score (nSPS) is 18.0. The van der Waals surface area contributed by atoms with E-state index >= 15 is 0 Å². The fourth-order valence-electron chi connectivity index (χ4n) is 4.56. The SMILES string of the molecule is C=CCNC(=O)[C@]1(Cc2ccccc2-c2cncnc2)CCCN(C(=O)c2cn[nH]c2C)C1. The summed E-state index contributed by atoms with van der Waals surface area (Å²) >= 11 is 0. The molecule has 170 valence electrons. The van der Waals surface area contributed by atoms with E-state index in [1.165, 1.54) is 6.33 Å². The predicted octanol–water partition coefficient (Wildman–Crippen LogP) is 2.94.